The van der Waals surface area contributed by atoms with Crippen molar-refractivity contribution in [3.8, 4) is 0 Å². The highest BCUT2D eigenvalue weighted by Gasteiger charge is 2.51. The summed E-state index contributed by atoms with van der Waals surface area (Å²) in [7, 11) is 0. The van der Waals surface area contributed by atoms with Crippen molar-refractivity contribution >= 4 is 22.8 Å². The first-order valence-electron chi connectivity index (χ1n) is 10.5. The van der Waals surface area contributed by atoms with Crippen molar-refractivity contribution in [2.45, 2.75) is 64.6 Å². The quantitative estimate of drug-likeness (QED) is 0.593. The van der Waals surface area contributed by atoms with Gasteiger partial charge < -0.3 is 15.7 Å². The Kier molecular flexibility index (Phi) is 5.83. The lowest BCUT2D eigenvalue weighted by molar-refractivity contribution is -0.146. The Bertz CT molecular complexity index is 948. The van der Waals surface area contributed by atoms with Crippen molar-refractivity contribution in [1.82, 2.24) is 16.0 Å². The summed E-state index contributed by atoms with van der Waals surface area (Å²) in [6.45, 7) is 10.8. The van der Waals surface area contributed by atoms with Crippen LogP contribution in [-0.4, -0.2) is 34.9 Å². The molecule has 1 fully saturated rings. The van der Waals surface area contributed by atoms with Crippen LogP contribution in [0.5, 0.6) is 0 Å². The van der Waals surface area contributed by atoms with Gasteiger partial charge in [0.2, 0.25) is 0 Å². The van der Waals surface area contributed by atoms with Crippen LogP contribution in [0.1, 0.15) is 58.9 Å². The molecule has 0 spiro atoms. The fourth-order valence-electron chi connectivity index (χ4n) is 4.89. The third-order valence-corrected chi connectivity index (χ3v) is 5.61. The van der Waals surface area contributed by atoms with Gasteiger partial charge in [-0.25, -0.2) is 9.59 Å². The monoisotopic (exact) mass is 411 g/mol. The lowest BCUT2D eigenvalue weighted by Crippen LogP contribution is -2.66. The Hall–Kier alpha value is -2.60. The summed E-state index contributed by atoms with van der Waals surface area (Å²) < 4.78 is 0. The Morgan fingerprint density at radius 2 is 1.77 bits per heavy atom. The third kappa shape index (κ3) is 4.75. The van der Waals surface area contributed by atoms with Gasteiger partial charge in [-0.2, -0.15) is 0 Å². The number of nitrogens with one attached hydrogen (secondary N) is 3. The molecule has 2 atom stereocenters. The molecule has 0 radical (unpaired) electrons. The topological polar surface area (TPSA) is 90.5 Å². The third-order valence-electron chi connectivity index (χ3n) is 5.61. The number of benzene rings is 2. The molecular formula is C24H33N3O3. The van der Waals surface area contributed by atoms with Crippen LogP contribution >= 0.6 is 0 Å². The highest BCUT2D eigenvalue weighted by Crippen LogP contribution is 2.36. The number of urea groups is 1. The van der Waals surface area contributed by atoms with Crippen LogP contribution in [0.25, 0.3) is 10.8 Å². The summed E-state index contributed by atoms with van der Waals surface area (Å²) in [5.74, 6) is -1.46. The Morgan fingerprint density at radius 3 is 2.40 bits per heavy atom. The van der Waals surface area contributed by atoms with Crippen LogP contribution in [0, 0.1) is 5.41 Å². The molecule has 1 aliphatic rings. The van der Waals surface area contributed by atoms with Gasteiger partial charge in [-0.1, -0.05) is 63.2 Å². The predicted octanol–water partition coefficient (Wildman–Crippen LogP) is 4.21. The molecule has 2 aromatic carbocycles. The first-order chi connectivity index (χ1) is 13.9. The molecule has 0 aromatic heterocycles. The molecule has 1 heterocycles. The van der Waals surface area contributed by atoms with E-state index in [0.29, 0.717) is 13.0 Å². The molecule has 1 saturated heterocycles. The number of amides is 2. The summed E-state index contributed by atoms with van der Waals surface area (Å²) in [4.78, 5) is 25.3. The summed E-state index contributed by atoms with van der Waals surface area (Å²) in [5.41, 5.74) is -1.10. The number of rotatable bonds is 5. The minimum absolute atomic E-state index is 0.0283. The van der Waals surface area contributed by atoms with Crippen molar-refractivity contribution in [2.75, 3.05) is 6.54 Å². The van der Waals surface area contributed by atoms with Gasteiger partial charge in [0.05, 0.1) is 0 Å². The van der Waals surface area contributed by atoms with Crippen molar-refractivity contribution in [2.24, 2.45) is 5.41 Å². The molecule has 0 aliphatic carbocycles. The molecule has 6 nitrogen and oxygen atoms in total. The number of hydrogen-bond acceptors (Lipinski definition) is 3. The molecule has 6 heteroatoms. The van der Waals surface area contributed by atoms with E-state index in [1.807, 2.05) is 56.3 Å². The van der Waals surface area contributed by atoms with Gasteiger partial charge in [0.25, 0.3) is 0 Å². The van der Waals surface area contributed by atoms with Crippen LogP contribution in [0.4, 0.5) is 4.79 Å². The van der Waals surface area contributed by atoms with Crippen LogP contribution in [0.3, 0.4) is 0 Å². The van der Waals surface area contributed by atoms with Crippen molar-refractivity contribution in [3.05, 3.63) is 48.0 Å². The minimum atomic E-state index is -1.55. The molecule has 4 N–H and O–H groups in total. The average molecular weight is 412 g/mol. The van der Waals surface area contributed by atoms with E-state index < -0.39 is 23.2 Å². The number of carboxylic acids is 1. The van der Waals surface area contributed by atoms with E-state index in [1.165, 1.54) is 0 Å². The SMILES string of the molecule is CC(C)(C)CC(C)(C)NC(=O)N[C@]1(C(=O)O)NCCC1c1ccc2ccccc2c1. The smallest absolute Gasteiger partial charge is 0.345 e. The first kappa shape index (κ1) is 22.1. The maximum absolute atomic E-state index is 12.9. The lowest BCUT2D eigenvalue weighted by Gasteiger charge is -2.37. The first-order valence-corrected chi connectivity index (χ1v) is 10.5. The van der Waals surface area contributed by atoms with Gasteiger partial charge in [-0.15, -0.1) is 0 Å². The molecule has 30 heavy (non-hydrogen) atoms. The van der Waals surface area contributed by atoms with E-state index >= 15 is 0 Å². The van der Waals surface area contributed by atoms with E-state index in [4.69, 9.17) is 0 Å². The standard InChI is InChI=1S/C24H33N3O3/c1-22(2,3)15-23(4,5)26-21(30)27-24(20(28)29)19(12-13-25-24)18-11-10-16-8-6-7-9-17(16)14-18/h6-11,14,19,25H,12-13,15H2,1-5H3,(H,28,29)(H2,26,27,30)/t19?,24-/m1/s1. The fourth-order valence-corrected chi connectivity index (χ4v) is 4.89. The largest absolute Gasteiger partial charge is 0.478 e. The number of hydrogen-bond donors (Lipinski definition) is 4. The second kappa shape index (κ2) is 7.91. The summed E-state index contributed by atoms with van der Waals surface area (Å²) >= 11 is 0. The van der Waals surface area contributed by atoms with E-state index in [9.17, 15) is 14.7 Å². The number of carbonyl (C=O) groups is 2. The molecule has 162 valence electrons. The predicted molar refractivity (Wildman–Crippen MR) is 119 cm³/mol. The molecule has 1 unspecified atom stereocenters. The number of fused-ring (bicyclic) bond motifs is 1. The molecule has 2 aromatic rings. The normalized spacial score (nSPS) is 22.1. The fraction of sp³-hybridized carbons (Fsp3) is 0.500. The van der Waals surface area contributed by atoms with Gasteiger partial charge in [0.15, 0.2) is 5.66 Å². The van der Waals surface area contributed by atoms with Crippen molar-refractivity contribution < 1.29 is 14.7 Å². The number of carbonyl (C=O) groups excluding carboxylic acids is 1. The van der Waals surface area contributed by atoms with Crippen LogP contribution in [-0.2, 0) is 4.79 Å². The van der Waals surface area contributed by atoms with E-state index in [0.717, 1.165) is 22.8 Å². The van der Waals surface area contributed by atoms with E-state index in [2.05, 4.69) is 36.7 Å². The summed E-state index contributed by atoms with van der Waals surface area (Å²) in [6.07, 6.45) is 1.38. The van der Waals surface area contributed by atoms with Gasteiger partial charge in [0, 0.05) is 11.5 Å². The molecule has 1 aliphatic heterocycles. The van der Waals surface area contributed by atoms with E-state index in [-0.39, 0.29) is 11.3 Å². The second-order valence-corrected chi connectivity index (χ2v) is 10.2. The van der Waals surface area contributed by atoms with E-state index in [1.54, 1.807) is 0 Å². The summed E-state index contributed by atoms with van der Waals surface area (Å²) in [6, 6.07) is 13.5. The van der Waals surface area contributed by atoms with Crippen molar-refractivity contribution in [3.63, 3.8) is 0 Å². The van der Waals surface area contributed by atoms with Crippen LogP contribution in [0.15, 0.2) is 42.5 Å². The molecule has 3 rings (SSSR count). The van der Waals surface area contributed by atoms with Crippen LogP contribution in [0.2, 0.25) is 0 Å². The van der Waals surface area contributed by atoms with Crippen molar-refractivity contribution in [1.29, 1.82) is 0 Å². The Morgan fingerprint density at radius 1 is 1.10 bits per heavy atom. The minimum Gasteiger partial charge on any atom is -0.478 e. The number of carboxylic acid groups (broad SMARTS) is 1. The zero-order valence-corrected chi connectivity index (χ0v) is 18.5. The zero-order valence-electron chi connectivity index (χ0n) is 18.5. The van der Waals surface area contributed by atoms with Crippen LogP contribution < -0.4 is 16.0 Å². The highest BCUT2D eigenvalue weighted by molar-refractivity contribution is 5.88. The molecule has 2 amide bonds. The number of aliphatic carboxylic acids is 1. The maximum atomic E-state index is 12.9. The van der Waals surface area contributed by atoms with Gasteiger partial charge in [-0.3, -0.25) is 5.32 Å². The van der Waals surface area contributed by atoms with Gasteiger partial charge in [0.1, 0.15) is 0 Å². The second-order valence-electron chi connectivity index (χ2n) is 10.2. The Labute approximate surface area is 178 Å². The maximum Gasteiger partial charge on any atom is 0.345 e. The zero-order chi connectivity index (χ0) is 22.2. The lowest BCUT2D eigenvalue weighted by atomic mass is 9.82. The average Bonchev–Trinajstić information content (AvgIpc) is 3.03. The van der Waals surface area contributed by atoms with Gasteiger partial charge >= 0.3 is 12.0 Å². The van der Waals surface area contributed by atoms with Gasteiger partial charge in [-0.05, 0) is 55.0 Å². The Balaban J connectivity index is 1.86. The molecular weight excluding hydrogens is 378 g/mol. The molecule has 0 bridgehead atoms. The highest BCUT2D eigenvalue weighted by atomic mass is 16.4. The molecule has 0 saturated carbocycles. The summed E-state index contributed by atoms with van der Waals surface area (Å²) in [5, 5.41) is 21.1.